The van der Waals surface area contributed by atoms with Gasteiger partial charge in [0.25, 0.3) is 0 Å². The first-order valence-corrected chi connectivity index (χ1v) is 4.83. The summed E-state index contributed by atoms with van der Waals surface area (Å²) >= 11 is 0. The molecule has 0 aromatic heterocycles. The zero-order chi connectivity index (χ0) is 10.9. The molecule has 78 valence electrons. The summed E-state index contributed by atoms with van der Waals surface area (Å²) in [5.41, 5.74) is 2.09. The number of allylic oxidation sites excluding steroid dienone is 2. The zero-order valence-corrected chi connectivity index (χ0v) is 9.16. The zero-order valence-electron chi connectivity index (χ0n) is 9.16. The fraction of sp³-hybridized carbons (Fsp3) is 0.636. The van der Waals surface area contributed by atoms with E-state index in [9.17, 15) is 4.79 Å². The predicted molar refractivity (Wildman–Crippen MR) is 55.5 cm³/mol. The van der Waals surface area contributed by atoms with Gasteiger partial charge < -0.3 is 5.21 Å². The van der Waals surface area contributed by atoms with E-state index >= 15 is 0 Å². The quantitative estimate of drug-likeness (QED) is 0.397. The fourth-order valence-corrected chi connectivity index (χ4v) is 1.96. The maximum atomic E-state index is 11.0. The molecule has 0 aromatic rings. The molecule has 0 heterocycles. The first kappa shape index (κ1) is 11.0. The topological polar surface area (TPSA) is 49.7 Å². The van der Waals surface area contributed by atoms with Crippen molar-refractivity contribution in [2.45, 2.75) is 34.1 Å². The van der Waals surface area contributed by atoms with Crippen LogP contribution in [0.3, 0.4) is 0 Å². The average Bonchev–Trinajstić information content (AvgIpc) is 2.12. The van der Waals surface area contributed by atoms with Crippen molar-refractivity contribution < 1.29 is 10.0 Å². The smallest absolute Gasteiger partial charge is 0.146 e. The van der Waals surface area contributed by atoms with Crippen molar-refractivity contribution in [1.82, 2.24) is 0 Å². The van der Waals surface area contributed by atoms with E-state index in [4.69, 9.17) is 5.21 Å². The molecule has 0 saturated carbocycles. The minimum atomic E-state index is -0.125. The van der Waals surface area contributed by atoms with Gasteiger partial charge in [-0.1, -0.05) is 25.9 Å². The van der Waals surface area contributed by atoms with Gasteiger partial charge in [-0.3, -0.25) is 4.79 Å². The highest BCUT2D eigenvalue weighted by Crippen LogP contribution is 2.42. The Morgan fingerprint density at radius 3 is 2.57 bits per heavy atom. The van der Waals surface area contributed by atoms with Crippen molar-refractivity contribution in [3.63, 3.8) is 0 Å². The van der Waals surface area contributed by atoms with E-state index in [1.165, 1.54) is 0 Å². The Kier molecular flexibility index (Phi) is 2.79. The Balaban J connectivity index is 3.31. The van der Waals surface area contributed by atoms with Crippen LogP contribution in [0.4, 0.5) is 0 Å². The minimum Gasteiger partial charge on any atom is -0.411 e. The summed E-state index contributed by atoms with van der Waals surface area (Å²) in [6, 6.07) is 0. The number of carbonyl (C=O) groups excluding carboxylic acids is 1. The molecule has 0 saturated heterocycles. The summed E-state index contributed by atoms with van der Waals surface area (Å²) in [5.74, 6) is 0.317. The molecular formula is C11H17NO2. The first-order chi connectivity index (χ1) is 6.45. The average molecular weight is 195 g/mol. The third-order valence-electron chi connectivity index (χ3n) is 3.50. The Morgan fingerprint density at radius 2 is 2.14 bits per heavy atom. The summed E-state index contributed by atoms with van der Waals surface area (Å²) in [6.45, 7) is 8.02. The van der Waals surface area contributed by atoms with Crippen molar-refractivity contribution in [3.8, 4) is 0 Å². The summed E-state index contributed by atoms with van der Waals surface area (Å²) in [7, 11) is 0. The Bertz CT molecular complexity index is 313. The van der Waals surface area contributed by atoms with Crippen LogP contribution in [0.25, 0.3) is 0 Å². The van der Waals surface area contributed by atoms with E-state index in [-0.39, 0.29) is 5.41 Å². The number of aldehydes is 1. The SMILES string of the molecule is CC1=C(C=O)C(C)(C)C(C)C/C1=N/O. The van der Waals surface area contributed by atoms with E-state index in [2.05, 4.69) is 25.9 Å². The van der Waals surface area contributed by atoms with E-state index < -0.39 is 0 Å². The normalized spacial score (nSPS) is 29.4. The van der Waals surface area contributed by atoms with Crippen molar-refractivity contribution in [3.05, 3.63) is 11.1 Å². The van der Waals surface area contributed by atoms with E-state index in [0.29, 0.717) is 11.6 Å². The van der Waals surface area contributed by atoms with Gasteiger partial charge in [-0.15, -0.1) is 0 Å². The van der Waals surface area contributed by atoms with E-state index in [1.54, 1.807) is 0 Å². The molecule has 1 unspecified atom stereocenters. The van der Waals surface area contributed by atoms with Crippen molar-refractivity contribution in [1.29, 1.82) is 0 Å². The highest BCUT2D eigenvalue weighted by atomic mass is 16.4. The summed E-state index contributed by atoms with van der Waals surface area (Å²) in [4.78, 5) is 11.0. The van der Waals surface area contributed by atoms with Crippen LogP contribution in [0.2, 0.25) is 0 Å². The molecule has 0 spiro atoms. The molecular weight excluding hydrogens is 178 g/mol. The molecule has 0 aliphatic heterocycles. The number of hydrogen-bond acceptors (Lipinski definition) is 3. The van der Waals surface area contributed by atoms with Crippen LogP contribution < -0.4 is 0 Å². The van der Waals surface area contributed by atoms with Gasteiger partial charge in [-0.25, -0.2) is 0 Å². The van der Waals surface area contributed by atoms with E-state index in [1.807, 2.05) is 6.92 Å². The molecule has 0 bridgehead atoms. The Morgan fingerprint density at radius 1 is 1.57 bits per heavy atom. The second kappa shape index (κ2) is 3.56. The standard InChI is InChI=1S/C11H17NO2/c1-7-5-10(12-14)8(2)9(6-13)11(7,3)4/h6-7,14H,5H2,1-4H3/b12-10-. The van der Waals surface area contributed by atoms with Crippen molar-refractivity contribution in [2.75, 3.05) is 0 Å². The lowest BCUT2D eigenvalue weighted by molar-refractivity contribution is -0.106. The molecule has 1 aliphatic rings. The highest BCUT2D eigenvalue weighted by molar-refractivity contribution is 6.05. The molecule has 3 nitrogen and oxygen atoms in total. The lowest BCUT2D eigenvalue weighted by Crippen LogP contribution is -2.33. The van der Waals surface area contributed by atoms with Crippen LogP contribution in [0.1, 0.15) is 34.1 Å². The lowest BCUT2D eigenvalue weighted by atomic mass is 9.66. The van der Waals surface area contributed by atoms with Crippen LogP contribution in [-0.2, 0) is 4.79 Å². The summed E-state index contributed by atoms with van der Waals surface area (Å²) < 4.78 is 0. The third-order valence-corrected chi connectivity index (χ3v) is 3.50. The number of carbonyl (C=O) groups is 1. The molecule has 1 atom stereocenters. The van der Waals surface area contributed by atoms with Gasteiger partial charge in [0.1, 0.15) is 6.29 Å². The monoisotopic (exact) mass is 195 g/mol. The molecule has 1 aliphatic carbocycles. The van der Waals surface area contributed by atoms with Crippen molar-refractivity contribution in [2.24, 2.45) is 16.5 Å². The van der Waals surface area contributed by atoms with Crippen LogP contribution in [-0.4, -0.2) is 17.2 Å². The number of oxime groups is 1. The minimum absolute atomic E-state index is 0.125. The van der Waals surface area contributed by atoms with Gasteiger partial charge in [0.15, 0.2) is 0 Å². The Labute approximate surface area is 84.5 Å². The second-order valence-corrected chi connectivity index (χ2v) is 4.53. The molecule has 0 aromatic carbocycles. The first-order valence-electron chi connectivity index (χ1n) is 4.83. The molecule has 14 heavy (non-hydrogen) atoms. The predicted octanol–water partition coefficient (Wildman–Crippen LogP) is 2.40. The third kappa shape index (κ3) is 1.47. The number of nitrogens with zero attached hydrogens (tertiary/aromatic N) is 1. The van der Waals surface area contributed by atoms with Gasteiger partial charge in [0, 0.05) is 5.57 Å². The van der Waals surface area contributed by atoms with Gasteiger partial charge >= 0.3 is 0 Å². The van der Waals surface area contributed by atoms with Crippen LogP contribution in [0, 0.1) is 11.3 Å². The molecule has 0 radical (unpaired) electrons. The summed E-state index contributed by atoms with van der Waals surface area (Å²) in [5, 5.41) is 12.0. The molecule has 1 N–H and O–H groups in total. The fourth-order valence-electron chi connectivity index (χ4n) is 1.96. The van der Waals surface area contributed by atoms with Gasteiger partial charge in [-0.05, 0) is 30.3 Å². The highest BCUT2D eigenvalue weighted by Gasteiger charge is 2.37. The molecule has 1 rings (SSSR count). The maximum Gasteiger partial charge on any atom is 0.146 e. The van der Waals surface area contributed by atoms with Crippen LogP contribution in [0.5, 0.6) is 0 Å². The number of hydrogen-bond donors (Lipinski definition) is 1. The molecule has 0 fully saturated rings. The maximum absolute atomic E-state index is 11.0. The van der Waals surface area contributed by atoms with Gasteiger partial charge in [0.05, 0.1) is 5.71 Å². The van der Waals surface area contributed by atoms with E-state index in [0.717, 1.165) is 23.9 Å². The second-order valence-electron chi connectivity index (χ2n) is 4.53. The van der Waals surface area contributed by atoms with Crippen molar-refractivity contribution >= 4 is 12.0 Å². The van der Waals surface area contributed by atoms with Gasteiger partial charge in [-0.2, -0.15) is 0 Å². The number of rotatable bonds is 1. The van der Waals surface area contributed by atoms with Crippen LogP contribution in [0.15, 0.2) is 16.3 Å². The molecule has 3 heteroatoms. The van der Waals surface area contributed by atoms with Gasteiger partial charge in [0.2, 0.25) is 0 Å². The lowest BCUT2D eigenvalue weighted by Gasteiger charge is -2.37. The Hall–Kier alpha value is -1.12. The summed E-state index contributed by atoms with van der Waals surface area (Å²) in [6.07, 6.45) is 1.61. The molecule has 0 amide bonds. The van der Waals surface area contributed by atoms with Crippen LogP contribution >= 0.6 is 0 Å². The largest absolute Gasteiger partial charge is 0.411 e.